The molecule has 28 heavy (non-hydrogen) atoms. The van der Waals surface area contributed by atoms with Crippen molar-refractivity contribution in [1.82, 2.24) is 19.9 Å². The Balaban J connectivity index is 1.41. The third-order valence-electron chi connectivity index (χ3n) is 5.21. The molecule has 0 amide bonds. The fraction of sp³-hybridized carbons (Fsp3) is 0.526. The van der Waals surface area contributed by atoms with Gasteiger partial charge in [-0.2, -0.15) is 13.2 Å². The fourth-order valence-electron chi connectivity index (χ4n) is 3.76. The Morgan fingerprint density at radius 3 is 2.71 bits per heavy atom. The number of aromatic amines is 1. The van der Waals surface area contributed by atoms with Crippen LogP contribution in [0, 0.1) is 0 Å². The van der Waals surface area contributed by atoms with Crippen LogP contribution >= 0.6 is 0 Å². The maximum Gasteiger partial charge on any atom is 0.449 e. The predicted molar refractivity (Wildman–Crippen MR) is 94.8 cm³/mol. The number of nitrogens with one attached hydrogen (secondary N) is 1. The molecule has 150 valence electrons. The second kappa shape index (κ2) is 7.54. The average molecular weight is 394 g/mol. The van der Waals surface area contributed by atoms with Crippen LogP contribution in [0.15, 0.2) is 23.1 Å². The molecule has 2 aromatic heterocycles. The van der Waals surface area contributed by atoms with Crippen LogP contribution in [0.25, 0.3) is 0 Å². The van der Waals surface area contributed by atoms with Gasteiger partial charge in [0, 0.05) is 38.3 Å². The molecule has 6 nitrogen and oxygen atoms in total. The van der Waals surface area contributed by atoms with E-state index in [1.54, 1.807) is 6.20 Å². The summed E-state index contributed by atoms with van der Waals surface area (Å²) in [5, 5.41) is 0. The highest BCUT2D eigenvalue weighted by Crippen LogP contribution is 2.27. The minimum Gasteiger partial charge on any atom is -0.474 e. The van der Waals surface area contributed by atoms with E-state index < -0.39 is 17.6 Å². The van der Waals surface area contributed by atoms with E-state index in [1.807, 2.05) is 22.0 Å². The summed E-state index contributed by atoms with van der Waals surface area (Å²) in [6.45, 7) is 1.34. The molecule has 1 aliphatic heterocycles. The number of aromatic nitrogens is 3. The zero-order chi connectivity index (χ0) is 19.7. The van der Waals surface area contributed by atoms with Gasteiger partial charge in [0.05, 0.1) is 11.3 Å². The number of H-pyrrole nitrogens is 1. The van der Waals surface area contributed by atoms with E-state index in [9.17, 15) is 18.0 Å². The van der Waals surface area contributed by atoms with Crippen LogP contribution in [0.5, 0.6) is 5.88 Å². The second-order valence-corrected chi connectivity index (χ2v) is 7.33. The topological polar surface area (TPSA) is 71.1 Å². The van der Waals surface area contributed by atoms with Crippen molar-refractivity contribution in [2.24, 2.45) is 0 Å². The van der Waals surface area contributed by atoms with Gasteiger partial charge in [-0.05, 0) is 31.2 Å². The van der Waals surface area contributed by atoms with Gasteiger partial charge in [0.25, 0.3) is 5.56 Å². The van der Waals surface area contributed by atoms with Crippen molar-refractivity contribution in [2.45, 2.75) is 57.5 Å². The quantitative estimate of drug-likeness (QED) is 0.863. The van der Waals surface area contributed by atoms with Crippen LogP contribution < -0.4 is 10.3 Å². The summed E-state index contributed by atoms with van der Waals surface area (Å²) in [4.78, 5) is 23.9. The Kier molecular flexibility index (Phi) is 5.09. The van der Waals surface area contributed by atoms with E-state index in [1.165, 1.54) is 12.8 Å². The summed E-state index contributed by atoms with van der Waals surface area (Å²) in [5.41, 5.74) is 0.762. The first-order valence-corrected chi connectivity index (χ1v) is 9.42. The summed E-state index contributed by atoms with van der Waals surface area (Å²) in [6, 6.07) is 3.78. The lowest BCUT2D eigenvalue weighted by atomic mass is 10.1. The summed E-state index contributed by atoms with van der Waals surface area (Å²) >= 11 is 0. The molecule has 2 aromatic rings. The van der Waals surface area contributed by atoms with Gasteiger partial charge in [-0.1, -0.05) is 6.07 Å². The van der Waals surface area contributed by atoms with E-state index in [0.717, 1.165) is 18.4 Å². The highest BCUT2D eigenvalue weighted by atomic mass is 19.4. The minimum absolute atomic E-state index is 0.228. The van der Waals surface area contributed by atoms with Crippen LogP contribution in [0.4, 0.5) is 13.2 Å². The molecule has 0 aromatic carbocycles. The van der Waals surface area contributed by atoms with Gasteiger partial charge in [0.15, 0.2) is 0 Å². The van der Waals surface area contributed by atoms with Crippen LogP contribution in [-0.4, -0.2) is 32.5 Å². The number of rotatable bonds is 4. The number of ether oxygens (including phenoxy) is 1. The normalized spacial score (nSPS) is 18.2. The number of hydrogen-bond donors (Lipinski definition) is 1. The van der Waals surface area contributed by atoms with Crippen molar-refractivity contribution in [1.29, 1.82) is 0 Å². The maximum atomic E-state index is 12.8. The van der Waals surface area contributed by atoms with Gasteiger partial charge < -0.3 is 9.72 Å². The average Bonchev–Trinajstić information content (AvgIpc) is 3.16. The number of alkyl halides is 3. The van der Waals surface area contributed by atoms with E-state index in [4.69, 9.17) is 4.74 Å². The van der Waals surface area contributed by atoms with E-state index in [2.05, 4.69) is 9.97 Å². The molecule has 1 fully saturated rings. The van der Waals surface area contributed by atoms with Gasteiger partial charge in [-0.15, -0.1) is 0 Å². The number of fused-ring (bicyclic) bond motifs is 1. The molecule has 4 rings (SSSR count). The maximum absolute atomic E-state index is 12.8. The standard InChI is InChI=1S/C19H21F3N4O2/c20-19(21,22)18-24-15-7-8-26(11-14(15)17(27)25-18)10-12-5-6-16(23-9-12)28-13-3-1-2-4-13/h5-6,9,13H,1-4,7-8,10-11H2,(H,24,25,27). The summed E-state index contributed by atoms with van der Waals surface area (Å²) < 4.78 is 44.3. The molecule has 0 unspecified atom stereocenters. The van der Waals surface area contributed by atoms with Crippen LogP contribution in [0.2, 0.25) is 0 Å². The zero-order valence-corrected chi connectivity index (χ0v) is 15.3. The van der Waals surface area contributed by atoms with Crippen LogP contribution in [-0.2, 0) is 25.7 Å². The van der Waals surface area contributed by atoms with Crippen molar-refractivity contribution in [3.8, 4) is 5.88 Å². The summed E-state index contributed by atoms with van der Waals surface area (Å²) in [5.74, 6) is -0.619. The number of halogens is 3. The zero-order valence-electron chi connectivity index (χ0n) is 15.3. The summed E-state index contributed by atoms with van der Waals surface area (Å²) in [6.07, 6.45) is 2.16. The van der Waals surface area contributed by atoms with Crippen molar-refractivity contribution in [3.63, 3.8) is 0 Å². The third-order valence-corrected chi connectivity index (χ3v) is 5.21. The molecule has 0 radical (unpaired) electrons. The van der Waals surface area contributed by atoms with Crippen molar-refractivity contribution in [2.75, 3.05) is 6.54 Å². The van der Waals surface area contributed by atoms with Gasteiger partial charge in [0.1, 0.15) is 6.10 Å². The second-order valence-electron chi connectivity index (χ2n) is 7.33. The Morgan fingerprint density at radius 2 is 2.04 bits per heavy atom. The molecule has 1 saturated carbocycles. The summed E-state index contributed by atoms with van der Waals surface area (Å²) in [7, 11) is 0. The number of nitrogens with zero attached hydrogens (tertiary/aromatic N) is 3. The van der Waals surface area contributed by atoms with Gasteiger partial charge in [-0.3, -0.25) is 9.69 Å². The van der Waals surface area contributed by atoms with Gasteiger partial charge >= 0.3 is 6.18 Å². The molecular formula is C19H21F3N4O2. The molecule has 0 atom stereocenters. The molecule has 3 heterocycles. The molecule has 9 heteroatoms. The molecule has 1 aliphatic carbocycles. The highest BCUT2D eigenvalue weighted by Gasteiger charge is 2.35. The van der Waals surface area contributed by atoms with E-state index >= 15 is 0 Å². The lowest BCUT2D eigenvalue weighted by Gasteiger charge is -2.27. The smallest absolute Gasteiger partial charge is 0.449 e. The molecule has 1 N–H and O–H groups in total. The lowest BCUT2D eigenvalue weighted by molar-refractivity contribution is -0.145. The largest absolute Gasteiger partial charge is 0.474 e. The first kappa shape index (κ1) is 18.9. The van der Waals surface area contributed by atoms with Gasteiger partial charge in [-0.25, -0.2) is 9.97 Å². The first-order chi connectivity index (χ1) is 13.4. The molecule has 0 spiro atoms. The Labute approximate surface area is 159 Å². The van der Waals surface area contributed by atoms with Crippen molar-refractivity contribution < 1.29 is 17.9 Å². The Morgan fingerprint density at radius 1 is 1.25 bits per heavy atom. The minimum atomic E-state index is -4.65. The third kappa shape index (κ3) is 4.19. The van der Waals surface area contributed by atoms with Crippen molar-refractivity contribution in [3.05, 3.63) is 51.3 Å². The predicted octanol–water partition coefficient (Wildman–Crippen LogP) is 3.06. The Bertz CT molecular complexity index is 890. The molecule has 0 bridgehead atoms. The van der Waals surface area contributed by atoms with Crippen LogP contribution in [0.3, 0.4) is 0 Å². The number of pyridine rings is 1. The highest BCUT2D eigenvalue weighted by molar-refractivity contribution is 5.23. The van der Waals surface area contributed by atoms with Crippen molar-refractivity contribution >= 4 is 0 Å². The monoisotopic (exact) mass is 394 g/mol. The number of hydrogen-bond acceptors (Lipinski definition) is 5. The van der Waals surface area contributed by atoms with Gasteiger partial charge in [0.2, 0.25) is 11.7 Å². The van der Waals surface area contributed by atoms with Crippen LogP contribution in [0.1, 0.15) is 48.3 Å². The van der Waals surface area contributed by atoms with E-state index in [-0.39, 0.29) is 18.3 Å². The van der Waals surface area contributed by atoms with E-state index in [0.29, 0.717) is 31.0 Å². The molecule has 2 aliphatic rings. The fourth-order valence-corrected chi connectivity index (χ4v) is 3.76. The first-order valence-electron chi connectivity index (χ1n) is 9.42. The SMILES string of the molecule is O=c1[nH]c(C(F)(F)F)nc2c1CN(Cc1ccc(OC3CCCC3)nc1)CC2. The molecule has 0 saturated heterocycles. The Hall–Kier alpha value is -2.42. The molecular weight excluding hydrogens is 373 g/mol. The lowest BCUT2D eigenvalue weighted by Crippen LogP contribution is -2.36.